The fourth-order valence-corrected chi connectivity index (χ4v) is 3.14. The Morgan fingerprint density at radius 3 is 2.72 bits per heavy atom. The molecule has 1 aliphatic heterocycles. The van der Waals surface area contributed by atoms with Gasteiger partial charge in [-0.05, 0) is 43.9 Å². The number of nitrogens with zero attached hydrogens (tertiary/aromatic N) is 3. The van der Waals surface area contributed by atoms with E-state index in [-0.39, 0.29) is 5.91 Å². The number of ether oxygens (including phenoxy) is 1. The van der Waals surface area contributed by atoms with Crippen molar-refractivity contribution < 1.29 is 9.53 Å². The third-order valence-electron chi connectivity index (χ3n) is 5.05. The van der Waals surface area contributed by atoms with Crippen LogP contribution < -0.4 is 15.0 Å². The van der Waals surface area contributed by atoms with E-state index in [4.69, 9.17) is 4.74 Å². The van der Waals surface area contributed by atoms with Crippen LogP contribution in [0.1, 0.15) is 62.9 Å². The minimum absolute atomic E-state index is 0.172. The minimum Gasteiger partial charge on any atom is -0.475 e. The molecule has 0 radical (unpaired) electrons. The highest BCUT2D eigenvalue weighted by Crippen LogP contribution is 2.30. The molecule has 1 saturated heterocycles. The van der Waals surface area contributed by atoms with Crippen molar-refractivity contribution in [2.24, 2.45) is 11.8 Å². The molecule has 138 valence electrons. The summed E-state index contributed by atoms with van der Waals surface area (Å²) in [6, 6.07) is 0. The fourth-order valence-electron chi connectivity index (χ4n) is 3.14. The molecule has 1 amide bonds. The molecule has 1 aromatic heterocycles. The van der Waals surface area contributed by atoms with Gasteiger partial charge < -0.3 is 15.0 Å². The van der Waals surface area contributed by atoms with Crippen LogP contribution in [0.2, 0.25) is 0 Å². The van der Waals surface area contributed by atoms with E-state index in [0.29, 0.717) is 36.6 Å². The van der Waals surface area contributed by atoms with Gasteiger partial charge in [0.2, 0.25) is 0 Å². The predicted octanol–water partition coefficient (Wildman–Crippen LogP) is 3.03. The zero-order chi connectivity index (χ0) is 17.6. The summed E-state index contributed by atoms with van der Waals surface area (Å²) in [5.74, 6) is 2.32. The number of carbonyl (C=O) groups is 1. The lowest BCUT2D eigenvalue weighted by atomic mass is 9.86. The van der Waals surface area contributed by atoms with Crippen molar-refractivity contribution in [3.05, 3.63) is 11.9 Å². The molecule has 0 bridgehead atoms. The van der Waals surface area contributed by atoms with Crippen LogP contribution in [0.15, 0.2) is 6.20 Å². The first-order valence-corrected chi connectivity index (χ1v) is 9.66. The molecule has 1 N–H and O–H groups in total. The van der Waals surface area contributed by atoms with Gasteiger partial charge in [-0.3, -0.25) is 4.79 Å². The lowest BCUT2D eigenvalue weighted by Gasteiger charge is -2.26. The van der Waals surface area contributed by atoms with Crippen LogP contribution in [0.25, 0.3) is 0 Å². The average Bonchev–Trinajstić information content (AvgIpc) is 3.07. The molecule has 2 heterocycles. The molecule has 2 fully saturated rings. The maximum atomic E-state index is 12.3. The summed E-state index contributed by atoms with van der Waals surface area (Å²) < 4.78 is 5.99. The molecule has 0 aromatic carbocycles. The number of hydrogen-bond donors (Lipinski definition) is 1. The van der Waals surface area contributed by atoms with E-state index in [1.807, 2.05) is 0 Å². The van der Waals surface area contributed by atoms with Gasteiger partial charge in [0.25, 0.3) is 11.8 Å². The second kappa shape index (κ2) is 8.50. The predicted molar refractivity (Wildman–Crippen MR) is 98.1 cm³/mol. The largest absolute Gasteiger partial charge is 0.475 e. The smallest absolute Gasteiger partial charge is 0.271 e. The number of carbonyl (C=O) groups excluding carboxylic acids is 1. The van der Waals surface area contributed by atoms with E-state index in [2.05, 4.69) is 34.0 Å². The van der Waals surface area contributed by atoms with Gasteiger partial charge in [0, 0.05) is 19.6 Å². The molecule has 6 nitrogen and oxygen atoms in total. The lowest BCUT2D eigenvalue weighted by molar-refractivity contribution is 0.0944. The van der Waals surface area contributed by atoms with E-state index in [9.17, 15) is 4.79 Å². The van der Waals surface area contributed by atoms with Gasteiger partial charge in [0.15, 0.2) is 11.5 Å². The summed E-state index contributed by atoms with van der Waals surface area (Å²) in [4.78, 5) is 23.6. The topological polar surface area (TPSA) is 67.4 Å². The minimum atomic E-state index is -0.172. The number of aromatic nitrogens is 2. The van der Waals surface area contributed by atoms with Crippen LogP contribution >= 0.6 is 0 Å². The number of nitrogens with one attached hydrogen (secondary N) is 1. The summed E-state index contributed by atoms with van der Waals surface area (Å²) in [5.41, 5.74) is 0.343. The highest BCUT2D eigenvalue weighted by molar-refractivity contribution is 5.92. The molecule has 1 aliphatic carbocycles. The Morgan fingerprint density at radius 2 is 2.08 bits per heavy atom. The SMILES string of the molecule is CC(C)CCNC(=O)c1cnc(N2CCCC2)c(OCC2CCC2)n1. The van der Waals surface area contributed by atoms with Crippen LogP contribution in [0.3, 0.4) is 0 Å². The van der Waals surface area contributed by atoms with Crippen LogP contribution in [-0.4, -0.2) is 42.1 Å². The van der Waals surface area contributed by atoms with Crippen molar-refractivity contribution in [1.82, 2.24) is 15.3 Å². The molecule has 0 unspecified atom stereocenters. The Balaban J connectivity index is 1.69. The Kier molecular flexibility index (Phi) is 6.10. The Labute approximate surface area is 150 Å². The van der Waals surface area contributed by atoms with Gasteiger partial charge in [0.1, 0.15) is 0 Å². The first-order valence-electron chi connectivity index (χ1n) is 9.66. The van der Waals surface area contributed by atoms with Crippen LogP contribution in [0.4, 0.5) is 5.82 Å². The number of hydrogen-bond acceptors (Lipinski definition) is 5. The third kappa shape index (κ3) is 4.83. The van der Waals surface area contributed by atoms with E-state index in [0.717, 1.165) is 25.3 Å². The molecule has 6 heteroatoms. The molecule has 0 spiro atoms. The molecule has 25 heavy (non-hydrogen) atoms. The normalized spacial score (nSPS) is 17.6. The summed E-state index contributed by atoms with van der Waals surface area (Å²) in [5, 5.41) is 2.92. The van der Waals surface area contributed by atoms with E-state index in [1.54, 1.807) is 6.20 Å². The van der Waals surface area contributed by atoms with E-state index in [1.165, 1.54) is 32.1 Å². The van der Waals surface area contributed by atoms with Gasteiger partial charge in [0.05, 0.1) is 12.8 Å². The molecular formula is C19H30N4O2. The van der Waals surface area contributed by atoms with E-state index >= 15 is 0 Å². The highest BCUT2D eigenvalue weighted by atomic mass is 16.5. The zero-order valence-electron chi connectivity index (χ0n) is 15.5. The van der Waals surface area contributed by atoms with Crippen LogP contribution in [-0.2, 0) is 0 Å². The standard InChI is InChI=1S/C19H30N4O2/c1-14(2)8-9-20-18(24)16-12-21-17(23-10-3-4-11-23)19(22-16)25-13-15-6-5-7-15/h12,14-15H,3-11,13H2,1-2H3,(H,20,24). The maximum Gasteiger partial charge on any atom is 0.271 e. The number of anilines is 1. The van der Waals surface area contributed by atoms with Gasteiger partial charge in [-0.2, -0.15) is 0 Å². The van der Waals surface area contributed by atoms with E-state index < -0.39 is 0 Å². The van der Waals surface area contributed by atoms with Crippen molar-refractivity contribution in [2.45, 2.75) is 52.4 Å². The molecule has 3 rings (SSSR count). The third-order valence-corrected chi connectivity index (χ3v) is 5.05. The second-order valence-electron chi connectivity index (χ2n) is 7.62. The van der Waals surface area contributed by atoms with Crippen molar-refractivity contribution >= 4 is 11.7 Å². The average molecular weight is 346 g/mol. The highest BCUT2D eigenvalue weighted by Gasteiger charge is 2.24. The van der Waals surface area contributed by atoms with Gasteiger partial charge >= 0.3 is 0 Å². The molecule has 0 atom stereocenters. The first kappa shape index (κ1) is 18.0. The summed E-state index contributed by atoms with van der Waals surface area (Å²) in [7, 11) is 0. The first-order chi connectivity index (χ1) is 12.1. The van der Waals surface area contributed by atoms with Crippen molar-refractivity contribution in [2.75, 3.05) is 31.1 Å². The summed E-state index contributed by atoms with van der Waals surface area (Å²) in [6.45, 7) is 7.58. The van der Waals surface area contributed by atoms with Crippen LogP contribution in [0.5, 0.6) is 5.88 Å². The second-order valence-corrected chi connectivity index (χ2v) is 7.62. The maximum absolute atomic E-state index is 12.3. The molecule has 1 saturated carbocycles. The van der Waals surface area contributed by atoms with Crippen molar-refractivity contribution in [3.8, 4) is 5.88 Å². The number of rotatable bonds is 8. The Morgan fingerprint density at radius 1 is 1.32 bits per heavy atom. The van der Waals surface area contributed by atoms with Gasteiger partial charge in [-0.15, -0.1) is 0 Å². The monoisotopic (exact) mass is 346 g/mol. The summed E-state index contributed by atoms with van der Waals surface area (Å²) >= 11 is 0. The van der Waals surface area contributed by atoms with Crippen molar-refractivity contribution in [3.63, 3.8) is 0 Å². The van der Waals surface area contributed by atoms with Crippen LogP contribution in [0, 0.1) is 11.8 Å². The van der Waals surface area contributed by atoms with Crippen molar-refractivity contribution in [1.29, 1.82) is 0 Å². The quantitative estimate of drug-likeness (QED) is 0.784. The molecular weight excluding hydrogens is 316 g/mol. The molecule has 1 aromatic rings. The molecule has 2 aliphatic rings. The van der Waals surface area contributed by atoms with Gasteiger partial charge in [-0.25, -0.2) is 9.97 Å². The van der Waals surface area contributed by atoms with Gasteiger partial charge in [-0.1, -0.05) is 20.3 Å². The number of amides is 1. The Hall–Kier alpha value is -1.85. The lowest BCUT2D eigenvalue weighted by Crippen LogP contribution is -2.28. The fraction of sp³-hybridized carbons (Fsp3) is 0.737. The summed E-state index contributed by atoms with van der Waals surface area (Å²) in [6.07, 6.45) is 8.60. The Bertz CT molecular complexity index is 581. The zero-order valence-corrected chi connectivity index (χ0v) is 15.5.